The number of nitrogens with zero attached hydrogens (tertiary/aromatic N) is 2. The van der Waals surface area contributed by atoms with Crippen LogP contribution >= 0.6 is 11.3 Å². The average molecular weight is 278 g/mol. The van der Waals surface area contributed by atoms with Crippen LogP contribution < -0.4 is 0 Å². The van der Waals surface area contributed by atoms with Gasteiger partial charge in [-0.15, -0.1) is 11.3 Å². The molecule has 1 atom stereocenters. The molecule has 2 aromatic heterocycles. The number of likely N-dealkylation sites (tertiary alicyclic amines) is 1. The van der Waals surface area contributed by atoms with E-state index in [1.165, 1.54) is 12.8 Å². The summed E-state index contributed by atoms with van der Waals surface area (Å²) in [4.78, 5) is 3.41. The molecule has 3 heterocycles. The van der Waals surface area contributed by atoms with Gasteiger partial charge in [-0.1, -0.05) is 17.6 Å². The average Bonchev–Trinajstić information content (AvgIpc) is 3.09. The van der Waals surface area contributed by atoms with Crippen molar-refractivity contribution in [2.45, 2.75) is 31.8 Å². The van der Waals surface area contributed by atoms with Gasteiger partial charge in [-0.05, 0) is 30.8 Å². The summed E-state index contributed by atoms with van der Waals surface area (Å²) in [6.45, 7) is 2.03. The summed E-state index contributed by atoms with van der Waals surface area (Å²) in [5.41, 5.74) is 0.948. The number of hydrogen-bond acceptors (Lipinski definition) is 5. The van der Waals surface area contributed by atoms with Gasteiger partial charge in [0.15, 0.2) is 5.76 Å². The molecule has 4 nitrogen and oxygen atoms in total. The largest absolute Gasteiger partial charge is 0.395 e. The zero-order valence-corrected chi connectivity index (χ0v) is 11.6. The fourth-order valence-electron chi connectivity index (χ4n) is 2.60. The highest BCUT2D eigenvalue weighted by atomic mass is 32.1. The molecule has 0 aromatic carbocycles. The number of thiophene rings is 1. The molecule has 0 amide bonds. The van der Waals surface area contributed by atoms with Crippen LogP contribution in [0, 0.1) is 0 Å². The lowest BCUT2D eigenvalue weighted by molar-refractivity contribution is 0.0822. The van der Waals surface area contributed by atoms with Gasteiger partial charge in [0.05, 0.1) is 17.2 Å². The zero-order chi connectivity index (χ0) is 13.1. The normalized spacial score (nSPS) is 20.8. The monoisotopic (exact) mass is 278 g/mol. The molecule has 1 saturated heterocycles. The molecule has 1 aliphatic heterocycles. The standard InChI is InChI=1S/C14H18N2O2S/c17-10-12-4-1-2-6-16(12)9-11-8-13(18-15-11)14-5-3-7-19-14/h3,5,7-8,12,17H,1-2,4,6,9-10H2. The molecule has 1 fully saturated rings. The van der Waals surface area contributed by atoms with Gasteiger partial charge in [0.1, 0.15) is 0 Å². The molecule has 3 rings (SSSR count). The molecule has 0 spiro atoms. The molecule has 102 valence electrons. The van der Waals surface area contributed by atoms with E-state index in [9.17, 15) is 5.11 Å². The first kappa shape index (κ1) is 12.8. The number of aromatic nitrogens is 1. The fraction of sp³-hybridized carbons (Fsp3) is 0.500. The van der Waals surface area contributed by atoms with Crippen molar-refractivity contribution in [3.63, 3.8) is 0 Å². The van der Waals surface area contributed by atoms with Crippen LogP contribution in [0.2, 0.25) is 0 Å². The molecule has 0 aliphatic carbocycles. The molecule has 1 unspecified atom stereocenters. The summed E-state index contributed by atoms with van der Waals surface area (Å²) < 4.78 is 5.39. The number of piperidine rings is 1. The second kappa shape index (κ2) is 5.86. The lowest BCUT2D eigenvalue weighted by atomic mass is 10.0. The van der Waals surface area contributed by atoms with Crippen molar-refractivity contribution in [3.05, 3.63) is 29.3 Å². The second-order valence-corrected chi connectivity index (χ2v) is 5.91. The van der Waals surface area contributed by atoms with E-state index in [-0.39, 0.29) is 12.6 Å². The van der Waals surface area contributed by atoms with Gasteiger partial charge in [-0.3, -0.25) is 4.90 Å². The Bertz CT molecular complexity index is 509. The van der Waals surface area contributed by atoms with Crippen molar-refractivity contribution in [1.82, 2.24) is 10.1 Å². The van der Waals surface area contributed by atoms with Crippen LogP contribution in [-0.2, 0) is 6.54 Å². The third-order valence-corrected chi connectivity index (χ3v) is 4.53. The molecule has 1 N–H and O–H groups in total. The van der Waals surface area contributed by atoms with Crippen LogP contribution in [0.1, 0.15) is 25.0 Å². The van der Waals surface area contributed by atoms with Gasteiger partial charge in [-0.2, -0.15) is 0 Å². The van der Waals surface area contributed by atoms with E-state index < -0.39 is 0 Å². The Hall–Kier alpha value is -1.17. The van der Waals surface area contributed by atoms with E-state index in [0.717, 1.165) is 35.8 Å². The van der Waals surface area contributed by atoms with Gasteiger partial charge >= 0.3 is 0 Å². The van der Waals surface area contributed by atoms with Gasteiger partial charge in [-0.25, -0.2) is 0 Å². The van der Waals surface area contributed by atoms with Gasteiger partial charge in [0.2, 0.25) is 0 Å². The third kappa shape index (κ3) is 2.88. The Morgan fingerprint density at radius 3 is 3.21 bits per heavy atom. The first-order valence-electron chi connectivity index (χ1n) is 6.71. The van der Waals surface area contributed by atoms with E-state index in [1.807, 2.05) is 23.6 Å². The lowest BCUT2D eigenvalue weighted by Crippen LogP contribution is -2.41. The maximum atomic E-state index is 9.41. The molecular weight excluding hydrogens is 260 g/mol. The minimum atomic E-state index is 0.232. The van der Waals surface area contributed by atoms with E-state index in [4.69, 9.17) is 4.52 Å². The SMILES string of the molecule is OCC1CCCCN1Cc1cc(-c2cccs2)on1. The van der Waals surface area contributed by atoms with Crippen LogP contribution in [-0.4, -0.2) is 34.4 Å². The lowest BCUT2D eigenvalue weighted by Gasteiger charge is -2.33. The maximum absolute atomic E-state index is 9.41. The Kier molecular flexibility index (Phi) is 3.96. The fourth-order valence-corrected chi connectivity index (χ4v) is 3.28. The summed E-state index contributed by atoms with van der Waals surface area (Å²) >= 11 is 1.65. The number of rotatable bonds is 4. The Balaban J connectivity index is 1.69. The minimum Gasteiger partial charge on any atom is -0.395 e. The summed E-state index contributed by atoms with van der Waals surface area (Å²) in [5.74, 6) is 0.836. The van der Waals surface area contributed by atoms with Crippen LogP contribution in [0.15, 0.2) is 28.1 Å². The molecule has 19 heavy (non-hydrogen) atoms. The van der Waals surface area contributed by atoms with Crippen molar-refractivity contribution >= 4 is 11.3 Å². The van der Waals surface area contributed by atoms with Gasteiger partial charge in [0.25, 0.3) is 0 Å². The second-order valence-electron chi connectivity index (χ2n) is 4.96. The highest BCUT2D eigenvalue weighted by molar-refractivity contribution is 7.13. The van der Waals surface area contributed by atoms with Crippen LogP contribution in [0.5, 0.6) is 0 Å². The predicted molar refractivity (Wildman–Crippen MR) is 75.0 cm³/mol. The quantitative estimate of drug-likeness (QED) is 0.934. The smallest absolute Gasteiger partial charge is 0.177 e. The van der Waals surface area contributed by atoms with Crippen LogP contribution in [0.4, 0.5) is 0 Å². The maximum Gasteiger partial charge on any atom is 0.177 e. The zero-order valence-electron chi connectivity index (χ0n) is 10.8. The predicted octanol–water partition coefficient (Wildman–Crippen LogP) is 2.75. The van der Waals surface area contributed by atoms with E-state index >= 15 is 0 Å². The summed E-state index contributed by atoms with van der Waals surface area (Å²) in [7, 11) is 0. The van der Waals surface area contributed by atoms with E-state index in [1.54, 1.807) is 11.3 Å². The summed E-state index contributed by atoms with van der Waals surface area (Å²) in [6.07, 6.45) is 3.49. The first-order chi connectivity index (χ1) is 9.36. The van der Waals surface area contributed by atoms with Crippen LogP contribution in [0.25, 0.3) is 10.6 Å². The molecule has 2 aromatic rings. The van der Waals surface area contributed by atoms with Crippen molar-refractivity contribution in [2.75, 3.05) is 13.2 Å². The Labute approximate surface area is 116 Å². The van der Waals surface area contributed by atoms with Gasteiger partial charge in [0, 0.05) is 18.7 Å². The highest BCUT2D eigenvalue weighted by Gasteiger charge is 2.22. The first-order valence-corrected chi connectivity index (χ1v) is 7.59. The Morgan fingerprint density at radius 1 is 1.47 bits per heavy atom. The minimum absolute atomic E-state index is 0.232. The molecule has 0 saturated carbocycles. The van der Waals surface area contributed by atoms with Crippen molar-refractivity contribution in [2.24, 2.45) is 0 Å². The summed E-state index contributed by atoms with van der Waals surface area (Å²) in [6, 6.07) is 6.33. The van der Waals surface area contributed by atoms with E-state index in [0.29, 0.717) is 0 Å². The third-order valence-electron chi connectivity index (χ3n) is 3.65. The number of hydrogen-bond donors (Lipinski definition) is 1. The molecule has 1 aliphatic rings. The molecule has 0 bridgehead atoms. The molecule has 0 radical (unpaired) electrons. The highest BCUT2D eigenvalue weighted by Crippen LogP contribution is 2.26. The topological polar surface area (TPSA) is 49.5 Å². The Morgan fingerprint density at radius 2 is 2.42 bits per heavy atom. The van der Waals surface area contributed by atoms with Gasteiger partial charge < -0.3 is 9.63 Å². The molecule has 5 heteroatoms. The number of aliphatic hydroxyl groups excluding tert-OH is 1. The van der Waals surface area contributed by atoms with Crippen molar-refractivity contribution < 1.29 is 9.63 Å². The van der Waals surface area contributed by atoms with Crippen molar-refractivity contribution in [3.8, 4) is 10.6 Å². The van der Waals surface area contributed by atoms with E-state index in [2.05, 4.69) is 10.1 Å². The molecular formula is C14H18N2O2S. The summed E-state index contributed by atoms with van der Waals surface area (Å²) in [5, 5.41) is 15.6. The number of aliphatic hydroxyl groups is 1. The van der Waals surface area contributed by atoms with Crippen LogP contribution in [0.3, 0.4) is 0 Å². The van der Waals surface area contributed by atoms with Crippen molar-refractivity contribution in [1.29, 1.82) is 0 Å².